The van der Waals surface area contributed by atoms with Gasteiger partial charge in [0.2, 0.25) is 0 Å². The monoisotopic (exact) mass is 269 g/mol. The van der Waals surface area contributed by atoms with Gasteiger partial charge in [0, 0.05) is 17.6 Å². The third-order valence-electron chi connectivity index (χ3n) is 2.11. The average Bonchev–Trinajstić information content (AvgIpc) is 2.83. The van der Waals surface area contributed by atoms with Crippen LogP contribution >= 0.6 is 11.3 Å². The second-order valence-electron chi connectivity index (χ2n) is 3.42. The molecule has 0 aliphatic carbocycles. The molecule has 0 fully saturated rings. The number of hydrogen-bond acceptors (Lipinski definition) is 5. The van der Waals surface area contributed by atoms with Crippen LogP contribution in [0.1, 0.15) is 10.4 Å². The molecule has 1 rings (SSSR count). The first-order valence-corrected chi connectivity index (χ1v) is 6.66. The topological polar surface area (TPSA) is 53.7 Å². The van der Waals surface area contributed by atoms with E-state index in [1.807, 2.05) is 11.4 Å². The van der Waals surface area contributed by atoms with Gasteiger partial charge in [0.1, 0.15) is 0 Å². The highest BCUT2D eigenvalue weighted by Crippen LogP contribution is 2.16. The largest absolute Gasteiger partial charge is 0.382 e. The molecule has 0 atom stereocenters. The second-order valence-corrected chi connectivity index (χ2v) is 4.42. The zero-order valence-electron chi connectivity index (χ0n) is 10.6. The van der Waals surface area contributed by atoms with Crippen LogP contribution in [0, 0.1) is 11.8 Å². The summed E-state index contributed by atoms with van der Waals surface area (Å²) in [5, 5.41) is 2.01. The minimum Gasteiger partial charge on any atom is -0.382 e. The van der Waals surface area contributed by atoms with Gasteiger partial charge < -0.3 is 19.9 Å². The molecule has 0 saturated heterocycles. The standard InChI is InChI=1S/C13H19NO3S/c1-15-6-7-16-8-9-17-11-13-12(3-2-5-14)4-10-18-13/h4,10H,5-9,11,14H2,1H3. The van der Waals surface area contributed by atoms with E-state index >= 15 is 0 Å². The third kappa shape index (κ3) is 6.15. The van der Waals surface area contributed by atoms with Crippen LogP contribution < -0.4 is 5.73 Å². The quantitative estimate of drug-likeness (QED) is 0.570. The second kappa shape index (κ2) is 10.1. The Morgan fingerprint density at radius 3 is 2.78 bits per heavy atom. The number of rotatable bonds is 8. The lowest BCUT2D eigenvalue weighted by Gasteiger charge is -2.04. The number of thiophene rings is 1. The molecular weight excluding hydrogens is 250 g/mol. The minimum absolute atomic E-state index is 0.378. The molecule has 1 heterocycles. The molecule has 0 aliphatic heterocycles. The van der Waals surface area contributed by atoms with E-state index < -0.39 is 0 Å². The Labute approximate surface area is 112 Å². The Morgan fingerprint density at radius 1 is 1.22 bits per heavy atom. The molecule has 18 heavy (non-hydrogen) atoms. The molecule has 1 aromatic rings. The molecule has 0 radical (unpaired) electrons. The molecule has 0 bridgehead atoms. The van der Waals surface area contributed by atoms with Gasteiger partial charge in [-0.15, -0.1) is 11.3 Å². The summed E-state index contributed by atoms with van der Waals surface area (Å²) in [6.45, 7) is 3.32. The van der Waals surface area contributed by atoms with Gasteiger partial charge in [0.15, 0.2) is 0 Å². The van der Waals surface area contributed by atoms with Crippen molar-refractivity contribution in [2.45, 2.75) is 6.61 Å². The predicted octanol–water partition coefficient (Wildman–Crippen LogP) is 1.24. The molecule has 2 N–H and O–H groups in total. The predicted molar refractivity (Wildman–Crippen MR) is 72.6 cm³/mol. The van der Waals surface area contributed by atoms with Crippen molar-refractivity contribution in [3.05, 3.63) is 21.9 Å². The number of methoxy groups -OCH3 is 1. The van der Waals surface area contributed by atoms with Crippen LogP contribution in [-0.4, -0.2) is 40.1 Å². The molecule has 0 amide bonds. The van der Waals surface area contributed by atoms with Crippen LogP contribution in [0.15, 0.2) is 11.4 Å². The molecule has 0 spiro atoms. The van der Waals surface area contributed by atoms with E-state index in [0.29, 0.717) is 39.6 Å². The summed E-state index contributed by atoms with van der Waals surface area (Å²) in [6, 6.07) is 1.99. The van der Waals surface area contributed by atoms with Crippen LogP contribution in [0.2, 0.25) is 0 Å². The molecule has 1 aromatic heterocycles. The summed E-state index contributed by atoms with van der Waals surface area (Å²) in [5.74, 6) is 5.88. The fraction of sp³-hybridized carbons (Fsp3) is 0.538. The Morgan fingerprint density at radius 2 is 2.00 bits per heavy atom. The van der Waals surface area contributed by atoms with Gasteiger partial charge >= 0.3 is 0 Å². The van der Waals surface area contributed by atoms with Gasteiger partial charge in [-0.2, -0.15) is 0 Å². The van der Waals surface area contributed by atoms with Crippen LogP contribution in [0.4, 0.5) is 0 Å². The van der Waals surface area contributed by atoms with Crippen molar-refractivity contribution in [2.75, 3.05) is 40.1 Å². The van der Waals surface area contributed by atoms with E-state index in [1.165, 1.54) is 0 Å². The molecule has 0 aliphatic rings. The number of ether oxygens (including phenoxy) is 3. The highest BCUT2D eigenvalue weighted by molar-refractivity contribution is 7.10. The summed E-state index contributed by atoms with van der Waals surface area (Å²) in [6.07, 6.45) is 0. The average molecular weight is 269 g/mol. The third-order valence-corrected chi connectivity index (χ3v) is 3.00. The van der Waals surface area contributed by atoms with Crippen molar-refractivity contribution >= 4 is 11.3 Å². The molecule has 0 unspecified atom stereocenters. The first kappa shape index (κ1) is 15.2. The van der Waals surface area contributed by atoms with Crippen LogP contribution in [-0.2, 0) is 20.8 Å². The zero-order valence-corrected chi connectivity index (χ0v) is 11.4. The molecule has 0 aromatic carbocycles. The summed E-state index contributed by atoms with van der Waals surface area (Å²) >= 11 is 1.64. The number of nitrogens with two attached hydrogens (primary N) is 1. The SMILES string of the molecule is COCCOCCOCc1sccc1C#CCN. The fourth-order valence-electron chi connectivity index (χ4n) is 1.24. The normalized spacial score (nSPS) is 10.1. The van der Waals surface area contributed by atoms with Crippen molar-refractivity contribution in [1.82, 2.24) is 0 Å². The maximum absolute atomic E-state index is 5.52. The lowest BCUT2D eigenvalue weighted by atomic mass is 10.2. The van der Waals surface area contributed by atoms with E-state index in [0.717, 1.165) is 10.4 Å². The van der Waals surface area contributed by atoms with E-state index in [4.69, 9.17) is 19.9 Å². The van der Waals surface area contributed by atoms with E-state index in [-0.39, 0.29) is 0 Å². The van der Waals surface area contributed by atoms with Crippen molar-refractivity contribution in [3.63, 3.8) is 0 Å². The Kier molecular flexibility index (Phi) is 8.47. The maximum atomic E-state index is 5.52. The Hall–Kier alpha value is -0.900. The van der Waals surface area contributed by atoms with E-state index in [9.17, 15) is 0 Å². The van der Waals surface area contributed by atoms with Gasteiger partial charge in [-0.3, -0.25) is 0 Å². The molecule has 100 valence electrons. The Balaban J connectivity index is 2.17. The smallest absolute Gasteiger partial charge is 0.0823 e. The van der Waals surface area contributed by atoms with E-state index in [1.54, 1.807) is 18.4 Å². The van der Waals surface area contributed by atoms with Crippen molar-refractivity contribution in [1.29, 1.82) is 0 Å². The molecular formula is C13H19NO3S. The van der Waals surface area contributed by atoms with Gasteiger partial charge in [0.05, 0.1) is 39.6 Å². The summed E-state index contributed by atoms with van der Waals surface area (Å²) < 4.78 is 15.7. The number of hydrogen-bond donors (Lipinski definition) is 1. The summed E-state index contributed by atoms with van der Waals surface area (Å²) in [5.41, 5.74) is 6.35. The molecule has 4 nitrogen and oxygen atoms in total. The fourth-order valence-corrected chi connectivity index (χ4v) is 2.00. The van der Waals surface area contributed by atoms with Crippen LogP contribution in [0.25, 0.3) is 0 Å². The maximum Gasteiger partial charge on any atom is 0.0823 e. The van der Waals surface area contributed by atoms with Crippen molar-refractivity contribution < 1.29 is 14.2 Å². The van der Waals surface area contributed by atoms with Gasteiger partial charge in [0.25, 0.3) is 0 Å². The molecule has 5 heteroatoms. The van der Waals surface area contributed by atoms with Gasteiger partial charge in [-0.05, 0) is 11.4 Å². The summed E-state index contributed by atoms with van der Waals surface area (Å²) in [7, 11) is 1.65. The van der Waals surface area contributed by atoms with Crippen LogP contribution in [0.5, 0.6) is 0 Å². The van der Waals surface area contributed by atoms with E-state index in [2.05, 4.69) is 11.8 Å². The Bertz CT molecular complexity index is 381. The van der Waals surface area contributed by atoms with Gasteiger partial charge in [-0.25, -0.2) is 0 Å². The zero-order chi connectivity index (χ0) is 13.1. The van der Waals surface area contributed by atoms with Crippen molar-refractivity contribution in [3.8, 4) is 11.8 Å². The highest BCUT2D eigenvalue weighted by Gasteiger charge is 2.01. The lowest BCUT2D eigenvalue weighted by molar-refractivity contribution is 0.0205. The molecule has 0 saturated carbocycles. The lowest BCUT2D eigenvalue weighted by Crippen LogP contribution is -2.08. The summed E-state index contributed by atoms with van der Waals surface area (Å²) in [4.78, 5) is 1.13. The first-order valence-electron chi connectivity index (χ1n) is 5.78. The minimum atomic E-state index is 0.378. The highest BCUT2D eigenvalue weighted by atomic mass is 32.1. The van der Waals surface area contributed by atoms with Crippen LogP contribution in [0.3, 0.4) is 0 Å². The van der Waals surface area contributed by atoms with Crippen molar-refractivity contribution in [2.24, 2.45) is 5.73 Å². The van der Waals surface area contributed by atoms with Gasteiger partial charge in [-0.1, -0.05) is 11.8 Å². The first-order chi connectivity index (χ1) is 8.88.